The second-order valence-corrected chi connectivity index (χ2v) is 6.59. The third-order valence-electron chi connectivity index (χ3n) is 3.88. The van der Waals surface area contributed by atoms with Crippen LogP contribution in [0.25, 0.3) is 0 Å². The molecule has 1 N–H and O–H groups in total. The van der Waals surface area contributed by atoms with E-state index in [0.717, 1.165) is 11.8 Å². The molecule has 108 valence electrons. The maximum absolute atomic E-state index is 11.7. The number of aromatic nitrogens is 1. The molecule has 1 aromatic heterocycles. The molecular formula is C14H18N2O3S. The molecule has 0 amide bonds. The van der Waals surface area contributed by atoms with Gasteiger partial charge in [0.1, 0.15) is 4.88 Å². The quantitative estimate of drug-likeness (QED) is 0.645. The summed E-state index contributed by atoms with van der Waals surface area (Å²) in [5, 5.41) is 4.11. The summed E-state index contributed by atoms with van der Waals surface area (Å²) in [5.74, 6) is 0.766. The van der Waals surface area contributed by atoms with Gasteiger partial charge in [0.2, 0.25) is 0 Å². The zero-order chi connectivity index (χ0) is 14.3. The second-order valence-electron chi connectivity index (χ2n) is 5.59. The molecule has 1 aromatic rings. The minimum absolute atomic E-state index is 0.137. The van der Waals surface area contributed by atoms with E-state index in [0.29, 0.717) is 16.1 Å². The maximum Gasteiger partial charge on any atom is 0.358 e. The van der Waals surface area contributed by atoms with Gasteiger partial charge in [-0.3, -0.25) is 4.79 Å². The van der Waals surface area contributed by atoms with Gasteiger partial charge in [-0.15, -0.1) is 0 Å². The highest BCUT2D eigenvalue weighted by atomic mass is 32.1. The van der Waals surface area contributed by atoms with Crippen LogP contribution in [0.5, 0.6) is 0 Å². The van der Waals surface area contributed by atoms with E-state index in [9.17, 15) is 9.59 Å². The van der Waals surface area contributed by atoms with Crippen molar-refractivity contribution in [1.82, 2.24) is 4.98 Å². The normalized spacial score (nSPS) is 18.1. The highest BCUT2D eigenvalue weighted by molar-refractivity contribution is 7.17. The zero-order valence-corrected chi connectivity index (χ0v) is 12.5. The molecule has 0 aliphatic heterocycles. The van der Waals surface area contributed by atoms with E-state index in [4.69, 9.17) is 4.74 Å². The van der Waals surface area contributed by atoms with Crippen molar-refractivity contribution in [3.8, 4) is 0 Å². The Bertz CT molecular complexity index is 535. The van der Waals surface area contributed by atoms with Crippen molar-refractivity contribution >= 4 is 28.2 Å². The number of hydrogen-bond acceptors (Lipinski definition) is 6. The van der Waals surface area contributed by atoms with Gasteiger partial charge in [-0.2, -0.15) is 0 Å². The van der Waals surface area contributed by atoms with Gasteiger partial charge in [0.15, 0.2) is 16.6 Å². The summed E-state index contributed by atoms with van der Waals surface area (Å²) in [4.78, 5) is 27.9. The molecule has 20 heavy (non-hydrogen) atoms. The number of ketones is 1. The molecule has 6 heteroatoms. The van der Waals surface area contributed by atoms with Crippen molar-refractivity contribution in [1.29, 1.82) is 0 Å². The number of rotatable bonds is 6. The fraction of sp³-hybridized carbons (Fsp3) is 0.643. The van der Waals surface area contributed by atoms with Crippen LogP contribution in [-0.4, -0.2) is 29.9 Å². The highest BCUT2D eigenvalue weighted by Gasteiger charge is 2.42. The Kier molecular flexibility index (Phi) is 3.50. The molecule has 2 aliphatic rings. The van der Waals surface area contributed by atoms with Gasteiger partial charge in [0.25, 0.3) is 0 Å². The predicted octanol–water partition coefficient (Wildman–Crippen LogP) is 2.73. The number of carbonyl (C=O) groups excluding carboxylic acids is 2. The summed E-state index contributed by atoms with van der Waals surface area (Å²) in [6.45, 7) is 1.45. The standard InChI is InChI=1S/C14H18N2O3S/c1-7(17)12-11(13(18)19-2)16-14(20-12)15-10(8-3-4-8)9-5-6-9/h8-10H,3-6H2,1-2H3,(H,15,16). The van der Waals surface area contributed by atoms with Gasteiger partial charge in [-0.05, 0) is 37.5 Å². The summed E-state index contributed by atoms with van der Waals surface area (Å²) >= 11 is 1.26. The Morgan fingerprint density at radius 3 is 2.35 bits per heavy atom. The minimum atomic E-state index is -0.547. The van der Waals surface area contributed by atoms with E-state index < -0.39 is 5.97 Å². The van der Waals surface area contributed by atoms with E-state index in [1.54, 1.807) is 0 Å². The number of methoxy groups -OCH3 is 1. The number of Topliss-reactive ketones (excluding diaryl/α,β-unsaturated/α-hetero) is 1. The molecule has 2 saturated carbocycles. The van der Waals surface area contributed by atoms with E-state index in [-0.39, 0.29) is 11.5 Å². The molecule has 0 radical (unpaired) electrons. The maximum atomic E-state index is 11.7. The summed E-state index contributed by atoms with van der Waals surface area (Å²) in [7, 11) is 1.30. The fourth-order valence-corrected chi connectivity index (χ4v) is 3.42. The van der Waals surface area contributed by atoms with Crippen LogP contribution in [0.15, 0.2) is 0 Å². The van der Waals surface area contributed by atoms with E-state index in [2.05, 4.69) is 10.3 Å². The molecule has 0 saturated heterocycles. The average molecular weight is 294 g/mol. The van der Waals surface area contributed by atoms with Crippen molar-refractivity contribution in [3.05, 3.63) is 10.6 Å². The molecule has 2 aliphatic carbocycles. The topological polar surface area (TPSA) is 68.3 Å². The first-order chi connectivity index (χ1) is 9.60. The summed E-state index contributed by atoms with van der Waals surface area (Å²) in [5.41, 5.74) is 0.137. The van der Waals surface area contributed by atoms with Crippen molar-refractivity contribution in [2.24, 2.45) is 11.8 Å². The number of anilines is 1. The van der Waals surface area contributed by atoms with Crippen molar-refractivity contribution in [2.75, 3.05) is 12.4 Å². The van der Waals surface area contributed by atoms with Crippen LogP contribution in [0.4, 0.5) is 5.13 Å². The summed E-state index contributed by atoms with van der Waals surface area (Å²) in [6, 6.07) is 0.450. The minimum Gasteiger partial charge on any atom is -0.464 e. The number of nitrogens with one attached hydrogen (secondary N) is 1. The van der Waals surface area contributed by atoms with Gasteiger partial charge in [-0.25, -0.2) is 9.78 Å². The third kappa shape index (κ3) is 2.70. The summed E-state index contributed by atoms with van der Waals surface area (Å²) < 4.78 is 4.69. The Morgan fingerprint density at radius 2 is 1.90 bits per heavy atom. The van der Waals surface area contributed by atoms with Crippen molar-refractivity contribution in [3.63, 3.8) is 0 Å². The molecule has 0 atom stereocenters. The number of thiazole rings is 1. The van der Waals surface area contributed by atoms with Crippen LogP contribution in [0.2, 0.25) is 0 Å². The molecule has 0 spiro atoms. The average Bonchev–Trinajstić information content (AvgIpc) is 3.33. The number of nitrogens with zero attached hydrogens (tertiary/aromatic N) is 1. The van der Waals surface area contributed by atoms with Crippen LogP contribution < -0.4 is 5.32 Å². The number of carbonyl (C=O) groups is 2. The van der Waals surface area contributed by atoms with Gasteiger partial charge < -0.3 is 10.1 Å². The molecule has 0 unspecified atom stereocenters. The first-order valence-electron chi connectivity index (χ1n) is 6.96. The van der Waals surface area contributed by atoms with Crippen molar-refractivity contribution in [2.45, 2.75) is 38.6 Å². The van der Waals surface area contributed by atoms with E-state index in [1.165, 1.54) is 51.1 Å². The molecule has 3 rings (SSSR count). The fourth-order valence-electron chi connectivity index (χ4n) is 2.53. The third-order valence-corrected chi connectivity index (χ3v) is 4.96. The van der Waals surface area contributed by atoms with Crippen molar-refractivity contribution < 1.29 is 14.3 Å². The van der Waals surface area contributed by atoms with Crippen LogP contribution in [-0.2, 0) is 4.74 Å². The Labute approximate surface area is 121 Å². The highest BCUT2D eigenvalue weighted by Crippen LogP contribution is 2.46. The Morgan fingerprint density at radius 1 is 1.30 bits per heavy atom. The lowest BCUT2D eigenvalue weighted by Gasteiger charge is -2.16. The van der Waals surface area contributed by atoms with Gasteiger partial charge in [-0.1, -0.05) is 11.3 Å². The molecule has 5 nitrogen and oxygen atoms in total. The van der Waals surface area contributed by atoms with Crippen LogP contribution in [0.3, 0.4) is 0 Å². The molecule has 0 aromatic carbocycles. The first-order valence-corrected chi connectivity index (χ1v) is 7.78. The molecule has 1 heterocycles. The molecule has 2 fully saturated rings. The van der Waals surface area contributed by atoms with Crippen LogP contribution in [0, 0.1) is 11.8 Å². The zero-order valence-electron chi connectivity index (χ0n) is 11.6. The van der Waals surface area contributed by atoms with Gasteiger partial charge in [0.05, 0.1) is 7.11 Å². The Hall–Kier alpha value is -1.43. The van der Waals surface area contributed by atoms with E-state index >= 15 is 0 Å². The largest absolute Gasteiger partial charge is 0.464 e. The molecule has 0 bridgehead atoms. The lowest BCUT2D eigenvalue weighted by atomic mass is 10.1. The Balaban J connectivity index is 1.82. The van der Waals surface area contributed by atoms with Gasteiger partial charge >= 0.3 is 5.97 Å². The number of hydrogen-bond donors (Lipinski definition) is 1. The second kappa shape index (κ2) is 5.16. The molecular weight excluding hydrogens is 276 g/mol. The summed E-state index contributed by atoms with van der Waals surface area (Å²) in [6.07, 6.45) is 5.07. The number of esters is 1. The lowest BCUT2D eigenvalue weighted by molar-refractivity contribution is 0.0591. The van der Waals surface area contributed by atoms with Gasteiger partial charge in [0, 0.05) is 13.0 Å². The SMILES string of the molecule is COC(=O)c1nc(NC(C2CC2)C2CC2)sc1C(C)=O. The number of ether oxygens (including phenoxy) is 1. The van der Waals surface area contributed by atoms with Crippen LogP contribution >= 0.6 is 11.3 Å². The predicted molar refractivity (Wildman–Crippen MR) is 76.3 cm³/mol. The lowest BCUT2D eigenvalue weighted by Crippen LogP contribution is -2.24. The van der Waals surface area contributed by atoms with E-state index in [1.807, 2.05) is 0 Å². The smallest absolute Gasteiger partial charge is 0.358 e. The first kappa shape index (κ1) is 13.5. The van der Waals surface area contributed by atoms with Crippen LogP contribution in [0.1, 0.15) is 52.8 Å². The monoisotopic (exact) mass is 294 g/mol.